The van der Waals surface area contributed by atoms with Crippen LogP contribution in [0.5, 0.6) is 11.5 Å². The molecule has 6 N–H and O–H groups in total. The van der Waals surface area contributed by atoms with Crippen LogP contribution in [-0.4, -0.2) is 55.1 Å². The van der Waals surface area contributed by atoms with Gasteiger partial charge in [-0.1, -0.05) is 32.4 Å². The van der Waals surface area contributed by atoms with E-state index in [2.05, 4.69) is 16.0 Å². The van der Waals surface area contributed by atoms with Gasteiger partial charge in [-0.2, -0.15) is 0 Å². The molecule has 3 amide bonds. The Morgan fingerprint density at radius 1 is 1.03 bits per heavy atom. The van der Waals surface area contributed by atoms with Gasteiger partial charge in [0.1, 0.15) is 17.9 Å². The van der Waals surface area contributed by atoms with E-state index in [1.54, 1.807) is 25.1 Å². The summed E-state index contributed by atoms with van der Waals surface area (Å²) in [5.41, 5.74) is 6.37. The number of carboxylic acid groups (broad SMARTS) is 1. The van der Waals surface area contributed by atoms with Crippen LogP contribution in [0.25, 0.3) is 0 Å². The number of carbonyl (C=O) groups is 4. The van der Waals surface area contributed by atoms with Crippen LogP contribution in [0.1, 0.15) is 49.0 Å². The third-order valence-corrected chi connectivity index (χ3v) is 6.24. The van der Waals surface area contributed by atoms with Crippen molar-refractivity contribution < 1.29 is 38.1 Å². The Morgan fingerprint density at radius 2 is 1.64 bits per heavy atom. The van der Waals surface area contributed by atoms with Gasteiger partial charge in [-0.15, -0.1) is 0 Å². The Hall–Kier alpha value is -4.35. The quantitative estimate of drug-likeness (QED) is 0.227. The monoisotopic (exact) mass is 546 g/mol. The maximum atomic E-state index is 13.5. The number of carboxylic acids is 1. The zero-order valence-corrected chi connectivity index (χ0v) is 22.4. The number of nitrogens with two attached hydrogens (primary N) is 1. The fourth-order valence-electron chi connectivity index (χ4n) is 3.74. The molecule has 3 atom stereocenters. The first-order chi connectivity index (χ1) is 18.5. The van der Waals surface area contributed by atoms with E-state index in [9.17, 15) is 28.7 Å². The number of carbonyl (C=O) groups excluding carboxylic acids is 3. The number of anilines is 1. The van der Waals surface area contributed by atoms with Crippen molar-refractivity contribution >= 4 is 29.4 Å². The van der Waals surface area contributed by atoms with Crippen LogP contribution in [0.15, 0.2) is 36.4 Å². The van der Waals surface area contributed by atoms with E-state index in [4.69, 9.17) is 15.2 Å². The smallest absolute Gasteiger partial charge is 0.326 e. The molecule has 2 aromatic carbocycles. The second kappa shape index (κ2) is 14.6. The molecule has 0 spiro atoms. The molecule has 2 aromatic rings. The maximum absolute atomic E-state index is 13.5. The Bertz CT molecular complexity index is 1170. The zero-order chi connectivity index (χ0) is 29.1. The summed E-state index contributed by atoms with van der Waals surface area (Å²) in [5, 5.41) is 17.7. The average Bonchev–Trinajstić information content (AvgIpc) is 2.92. The molecule has 39 heavy (non-hydrogen) atoms. The Balaban J connectivity index is 2.35. The highest BCUT2D eigenvalue weighted by molar-refractivity contribution is 6.03. The number of benzene rings is 2. The van der Waals surface area contributed by atoms with Crippen molar-refractivity contribution in [3.8, 4) is 11.5 Å². The molecule has 0 aliphatic rings. The molecule has 11 nitrogen and oxygen atoms in total. The van der Waals surface area contributed by atoms with Gasteiger partial charge < -0.3 is 36.3 Å². The molecule has 2 rings (SSSR count). The SMILES string of the molecule is CCC(C)[C@H](NC(=O)c1cc(OC)c(OC)cc1NCc1ccc(F)cc1)C(=O)N[C@@H](CCC(N)=O)C(=O)O. The molecule has 0 aliphatic carbocycles. The van der Waals surface area contributed by atoms with E-state index in [0.717, 1.165) is 5.56 Å². The number of amides is 3. The molecule has 0 heterocycles. The number of primary amides is 1. The Morgan fingerprint density at radius 3 is 2.18 bits per heavy atom. The van der Waals surface area contributed by atoms with Crippen LogP contribution in [0.2, 0.25) is 0 Å². The minimum absolute atomic E-state index is 0.138. The maximum Gasteiger partial charge on any atom is 0.326 e. The highest BCUT2D eigenvalue weighted by Crippen LogP contribution is 2.34. The van der Waals surface area contributed by atoms with Gasteiger partial charge in [0, 0.05) is 19.0 Å². The van der Waals surface area contributed by atoms with Crippen LogP contribution >= 0.6 is 0 Å². The van der Waals surface area contributed by atoms with Crippen LogP contribution < -0.4 is 31.2 Å². The number of hydrogen-bond acceptors (Lipinski definition) is 7. The largest absolute Gasteiger partial charge is 0.493 e. The average molecular weight is 547 g/mol. The molecule has 0 fully saturated rings. The third-order valence-electron chi connectivity index (χ3n) is 6.24. The van der Waals surface area contributed by atoms with Gasteiger partial charge in [-0.3, -0.25) is 14.4 Å². The van der Waals surface area contributed by atoms with Gasteiger partial charge in [-0.25, -0.2) is 9.18 Å². The second-order valence-electron chi connectivity index (χ2n) is 8.97. The lowest BCUT2D eigenvalue weighted by Gasteiger charge is -2.26. The number of hydrogen-bond donors (Lipinski definition) is 5. The summed E-state index contributed by atoms with van der Waals surface area (Å²) >= 11 is 0. The first kappa shape index (κ1) is 30.9. The van der Waals surface area contributed by atoms with Crippen molar-refractivity contribution in [3.63, 3.8) is 0 Å². The third kappa shape index (κ3) is 8.87. The number of ether oxygens (including phenoxy) is 2. The number of nitrogens with one attached hydrogen (secondary N) is 3. The minimum atomic E-state index is -1.36. The van der Waals surface area contributed by atoms with Gasteiger partial charge in [0.2, 0.25) is 11.8 Å². The predicted octanol–water partition coefficient (Wildman–Crippen LogP) is 2.43. The molecule has 0 bridgehead atoms. The summed E-state index contributed by atoms with van der Waals surface area (Å²) in [5.74, 6) is -3.47. The fraction of sp³-hybridized carbons (Fsp3) is 0.407. The highest BCUT2D eigenvalue weighted by atomic mass is 19.1. The van der Waals surface area contributed by atoms with Gasteiger partial charge in [0.15, 0.2) is 11.5 Å². The molecular formula is C27H35FN4O7. The van der Waals surface area contributed by atoms with E-state index in [-0.39, 0.29) is 42.4 Å². The van der Waals surface area contributed by atoms with Gasteiger partial charge in [0.25, 0.3) is 5.91 Å². The van der Waals surface area contributed by atoms with Gasteiger partial charge in [0.05, 0.1) is 25.5 Å². The summed E-state index contributed by atoms with van der Waals surface area (Å²) in [6, 6.07) is 6.43. The molecule has 0 saturated carbocycles. The van der Waals surface area contributed by atoms with E-state index in [1.807, 2.05) is 6.92 Å². The first-order valence-corrected chi connectivity index (χ1v) is 12.4. The van der Waals surface area contributed by atoms with Crippen LogP contribution in [0.4, 0.5) is 10.1 Å². The van der Waals surface area contributed by atoms with Crippen molar-refractivity contribution in [2.75, 3.05) is 19.5 Å². The molecule has 0 aromatic heterocycles. The van der Waals surface area contributed by atoms with Crippen molar-refractivity contribution in [1.29, 1.82) is 0 Å². The summed E-state index contributed by atoms with van der Waals surface area (Å²) in [4.78, 5) is 49.4. The topological polar surface area (TPSA) is 169 Å². The second-order valence-corrected chi connectivity index (χ2v) is 8.97. The molecule has 212 valence electrons. The Kier molecular flexibility index (Phi) is 11.5. The normalized spacial score (nSPS) is 12.9. The van der Waals surface area contributed by atoms with E-state index >= 15 is 0 Å². The van der Waals surface area contributed by atoms with Gasteiger partial charge in [-0.05, 0) is 36.1 Å². The Labute approximate surface area is 226 Å². The molecule has 12 heteroatoms. The summed E-state index contributed by atoms with van der Waals surface area (Å²) in [7, 11) is 2.86. The lowest BCUT2D eigenvalue weighted by Crippen LogP contribution is -2.54. The standard InChI is InChI=1S/C27H35FN4O7/c1-5-15(2)24(26(35)31-19(27(36)37)10-11-23(29)33)32-25(34)18-12-21(38-3)22(39-4)13-20(18)30-14-16-6-8-17(28)9-7-16/h6-9,12-13,15,19,24,30H,5,10-11,14H2,1-4H3,(H2,29,33)(H,31,35)(H,32,34)(H,36,37)/t15?,19-,24-/m0/s1. The lowest BCUT2D eigenvalue weighted by atomic mass is 9.97. The zero-order valence-electron chi connectivity index (χ0n) is 22.4. The minimum Gasteiger partial charge on any atom is -0.493 e. The fourth-order valence-corrected chi connectivity index (χ4v) is 3.74. The van der Waals surface area contributed by atoms with Crippen molar-refractivity contribution in [2.45, 2.75) is 51.7 Å². The molecule has 0 saturated heterocycles. The lowest BCUT2D eigenvalue weighted by molar-refractivity contribution is -0.142. The predicted molar refractivity (Wildman–Crippen MR) is 142 cm³/mol. The van der Waals surface area contributed by atoms with Crippen LogP contribution in [0, 0.1) is 11.7 Å². The van der Waals surface area contributed by atoms with E-state index < -0.39 is 35.8 Å². The van der Waals surface area contributed by atoms with Gasteiger partial charge >= 0.3 is 5.97 Å². The molecular weight excluding hydrogens is 511 g/mol. The molecule has 0 radical (unpaired) electrons. The van der Waals surface area contributed by atoms with Crippen LogP contribution in [-0.2, 0) is 20.9 Å². The number of aliphatic carboxylic acids is 1. The number of halogens is 1. The molecule has 0 aliphatic heterocycles. The van der Waals surface area contributed by atoms with Crippen LogP contribution in [0.3, 0.4) is 0 Å². The van der Waals surface area contributed by atoms with E-state index in [0.29, 0.717) is 17.9 Å². The molecule has 1 unspecified atom stereocenters. The first-order valence-electron chi connectivity index (χ1n) is 12.4. The van der Waals surface area contributed by atoms with E-state index in [1.165, 1.54) is 32.4 Å². The van der Waals surface area contributed by atoms with Crippen molar-refractivity contribution in [3.05, 3.63) is 53.3 Å². The highest BCUT2D eigenvalue weighted by Gasteiger charge is 2.31. The summed E-state index contributed by atoms with van der Waals surface area (Å²) in [6.45, 7) is 3.82. The van der Waals surface area contributed by atoms with Crippen molar-refractivity contribution in [1.82, 2.24) is 10.6 Å². The number of methoxy groups -OCH3 is 2. The van der Waals surface area contributed by atoms with Crippen molar-refractivity contribution in [2.24, 2.45) is 11.7 Å². The number of rotatable bonds is 15. The summed E-state index contributed by atoms with van der Waals surface area (Å²) in [6.07, 6.45) is 0.0794. The summed E-state index contributed by atoms with van der Waals surface area (Å²) < 4.78 is 24.0.